The van der Waals surface area contributed by atoms with Crippen LogP contribution in [0.3, 0.4) is 0 Å². The zero-order valence-corrected chi connectivity index (χ0v) is 10.6. The first-order valence-corrected chi connectivity index (χ1v) is 5.73. The second-order valence-electron chi connectivity index (χ2n) is 4.13. The molecule has 2 rings (SSSR count). The number of hydrogen-bond acceptors (Lipinski definition) is 3. The molecule has 0 radical (unpaired) electrons. The van der Waals surface area contributed by atoms with Crippen LogP contribution in [0.4, 0.5) is 4.39 Å². The molecular weight excluding hydrogens is 261 g/mol. The lowest BCUT2D eigenvalue weighted by molar-refractivity contribution is 0.0689. The summed E-state index contributed by atoms with van der Waals surface area (Å²) in [6.45, 7) is 1.81. The number of carboxylic acid groups (broad SMARTS) is 1. The Morgan fingerprint density at radius 3 is 2.70 bits per heavy atom. The van der Waals surface area contributed by atoms with Crippen LogP contribution in [0.5, 0.6) is 11.5 Å². The molecule has 2 aromatic rings. The monoisotopic (exact) mass is 271 g/mol. The first kappa shape index (κ1) is 13.6. The third-order valence-electron chi connectivity index (χ3n) is 2.66. The number of nitriles is 1. The van der Waals surface area contributed by atoms with Crippen molar-refractivity contribution in [2.75, 3.05) is 0 Å². The topological polar surface area (TPSA) is 70.3 Å². The molecule has 5 heteroatoms. The van der Waals surface area contributed by atoms with E-state index < -0.39 is 17.3 Å². The summed E-state index contributed by atoms with van der Waals surface area (Å²) in [5, 5.41) is 18.0. The molecule has 0 unspecified atom stereocenters. The SMILES string of the molecule is Cc1ccc(Oc2cccc(F)c2C(=O)O)c(C#N)c1. The van der Waals surface area contributed by atoms with Crippen molar-refractivity contribution in [2.24, 2.45) is 0 Å². The van der Waals surface area contributed by atoms with E-state index in [0.717, 1.165) is 11.6 Å². The van der Waals surface area contributed by atoms with Crippen molar-refractivity contribution >= 4 is 5.97 Å². The van der Waals surface area contributed by atoms with E-state index in [1.165, 1.54) is 12.1 Å². The fourth-order valence-corrected chi connectivity index (χ4v) is 1.74. The first-order valence-electron chi connectivity index (χ1n) is 5.73. The van der Waals surface area contributed by atoms with E-state index in [0.29, 0.717) is 0 Å². The zero-order chi connectivity index (χ0) is 14.7. The molecule has 0 aliphatic heterocycles. The number of nitrogens with zero attached hydrogens (tertiary/aromatic N) is 1. The molecule has 0 aromatic heterocycles. The van der Waals surface area contributed by atoms with Gasteiger partial charge in [0.1, 0.15) is 28.9 Å². The molecule has 100 valence electrons. The van der Waals surface area contributed by atoms with Gasteiger partial charge in [-0.2, -0.15) is 5.26 Å². The molecular formula is C15H10FNO3. The Balaban J connectivity index is 2.49. The summed E-state index contributed by atoms with van der Waals surface area (Å²) in [4.78, 5) is 11.1. The van der Waals surface area contributed by atoms with Crippen LogP contribution in [-0.4, -0.2) is 11.1 Å². The minimum Gasteiger partial charge on any atom is -0.477 e. The summed E-state index contributed by atoms with van der Waals surface area (Å²) in [6.07, 6.45) is 0. The summed E-state index contributed by atoms with van der Waals surface area (Å²) >= 11 is 0. The van der Waals surface area contributed by atoms with E-state index in [1.807, 2.05) is 13.0 Å². The van der Waals surface area contributed by atoms with Crippen molar-refractivity contribution in [3.8, 4) is 17.6 Å². The Hall–Kier alpha value is -2.87. The maximum Gasteiger partial charge on any atom is 0.342 e. The van der Waals surface area contributed by atoms with Crippen molar-refractivity contribution < 1.29 is 19.0 Å². The lowest BCUT2D eigenvalue weighted by atomic mass is 10.1. The van der Waals surface area contributed by atoms with Gasteiger partial charge in [0.25, 0.3) is 0 Å². The van der Waals surface area contributed by atoms with E-state index in [4.69, 9.17) is 15.1 Å². The average molecular weight is 271 g/mol. The summed E-state index contributed by atoms with van der Waals surface area (Å²) in [6, 6.07) is 10.5. The number of carboxylic acids is 1. The zero-order valence-electron chi connectivity index (χ0n) is 10.6. The van der Waals surface area contributed by atoms with Gasteiger partial charge in [-0.1, -0.05) is 12.1 Å². The molecule has 0 saturated carbocycles. The normalized spacial score (nSPS) is 9.85. The predicted octanol–water partition coefficient (Wildman–Crippen LogP) is 3.50. The van der Waals surface area contributed by atoms with Crippen molar-refractivity contribution in [1.29, 1.82) is 5.26 Å². The average Bonchev–Trinajstić information content (AvgIpc) is 2.40. The largest absolute Gasteiger partial charge is 0.477 e. The lowest BCUT2D eigenvalue weighted by Crippen LogP contribution is -2.04. The van der Waals surface area contributed by atoms with Crippen molar-refractivity contribution in [3.05, 3.63) is 58.9 Å². The highest BCUT2D eigenvalue weighted by Gasteiger charge is 2.18. The van der Waals surface area contributed by atoms with Crippen LogP contribution < -0.4 is 4.74 Å². The van der Waals surface area contributed by atoms with E-state index in [9.17, 15) is 9.18 Å². The van der Waals surface area contributed by atoms with Gasteiger partial charge in [0.2, 0.25) is 0 Å². The molecule has 2 aromatic carbocycles. The molecule has 20 heavy (non-hydrogen) atoms. The standard InChI is InChI=1S/C15H10FNO3/c1-9-5-6-12(10(7-9)8-17)20-13-4-2-3-11(16)14(13)15(18)19/h2-7H,1H3,(H,18,19). The second-order valence-corrected chi connectivity index (χ2v) is 4.13. The van der Waals surface area contributed by atoms with Gasteiger partial charge in [0, 0.05) is 0 Å². The van der Waals surface area contributed by atoms with E-state index in [2.05, 4.69) is 0 Å². The molecule has 1 N–H and O–H groups in total. The van der Waals surface area contributed by atoms with Crippen LogP contribution in [0.15, 0.2) is 36.4 Å². The molecule has 0 amide bonds. The fourth-order valence-electron chi connectivity index (χ4n) is 1.74. The first-order chi connectivity index (χ1) is 9.52. The Bertz CT molecular complexity index is 720. The van der Waals surface area contributed by atoms with Gasteiger partial charge in [0.05, 0.1) is 5.56 Å². The number of aryl methyl sites for hydroxylation is 1. The highest BCUT2D eigenvalue weighted by Crippen LogP contribution is 2.29. The summed E-state index contributed by atoms with van der Waals surface area (Å²) < 4.78 is 18.9. The Labute approximate surface area is 114 Å². The number of aromatic carboxylic acids is 1. The third kappa shape index (κ3) is 2.59. The molecule has 0 aliphatic carbocycles. The van der Waals surface area contributed by atoms with Crippen LogP contribution in [0, 0.1) is 24.1 Å². The molecule has 0 spiro atoms. The van der Waals surface area contributed by atoms with Crippen molar-refractivity contribution in [2.45, 2.75) is 6.92 Å². The van der Waals surface area contributed by atoms with Crippen LogP contribution in [0.2, 0.25) is 0 Å². The Morgan fingerprint density at radius 1 is 1.30 bits per heavy atom. The van der Waals surface area contributed by atoms with E-state index in [1.54, 1.807) is 18.2 Å². The smallest absolute Gasteiger partial charge is 0.342 e. The summed E-state index contributed by atoms with van der Waals surface area (Å²) in [5.74, 6) is -2.27. The van der Waals surface area contributed by atoms with Gasteiger partial charge in [-0.25, -0.2) is 9.18 Å². The van der Waals surface area contributed by atoms with E-state index in [-0.39, 0.29) is 17.1 Å². The number of carbonyl (C=O) groups is 1. The Morgan fingerprint density at radius 2 is 2.05 bits per heavy atom. The van der Waals surface area contributed by atoms with Crippen molar-refractivity contribution in [1.82, 2.24) is 0 Å². The van der Waals surface area contributed by atoms with Gasteiger partial charge >= 0.3 is 5.97 Å². The van der Waals surface area contributed by atoms with Gasteiger partial charge in [-0.05, 0) is 36.8 Å². The number of ether oxygens (including phenoxy) is 1. The maximum absolute atomic E-state index is 13.5. The van der Waals surface area contributed by atoms with Crippen LogP contribution in [0.25, 0.3) is 0 Å². The highest BCUT2D eigenvalue weighted by molar-refractivity contribution is 5.91. The molecule has 0 aliphatic rings. The highest BCUT2D eigenvalue weighted by atomic mass is 19.1. The second kappa shape index (κ2) is 5.41. The number of halogens is 1. The minimum atomic E-state index is -1.43. The van der Waals surface area contributed by atoms with Gasteiger partial charge in [-0.15, -0.1) is 0 Å². The molecule has 0 atom stereocenters. The Kier molecular flexibility index (Phi) is 3.67. The van der Waals surface area contributed by atoms with Gasteiger partial charge < -0.3 is 9.84 Å². The number of hydrogen-bond donors (Lipinski definition) is 1. The summed E-state index contributed by atoms with van der Waals surface area (Å²) in [7, 11) is 0. The molecule has 0 heterocycles. The van der Waals surface area contributed by atoms with Crippen LogP contribution >= 0.6 is 0 Å². The van der Waals surface area contributed by atoms with Gasteiger partial charge in [0.15, 0.2) is 0 Å². The quantitative estimate of drug-likeness (QED) is 0.927. The fraction of sp³-hybridized carbons (Fsp3) is 0.0667. The number of rotatable bonds is 3. The summed E-state index contributed by atoms with van der Waals surface area (Å²) in [5.41, 5.74) is 0.564. The molecule has 0 bridgehead atoms. The lowest BCUT2D eigenvalue weighted by Gasteiger charge is -2.10. The van der Waals surface area contributed by atoms with Crippen LogP contribution in [0.1, 0.15) is 21.5 Å². The third-order valence-corrected chi connectivity index (χ3v) is 2.66. The van der Waals surface area contributed by atoms with Gasteiger partial charge in [-0.3, -0.25) is 0 Å². The minimum absolute atomic E-state index is 0.141. The molecule has 0 fully saturated rings. The predicted molar refractivity (Wildman–Crippen MR) is 69.3 cm³/mol. The van der Waals surface area contributed by atoms with E-state index >= 15 is 0 Å². The molecule has 0 saturated heterocycles. The van der Waals surface area contributed by atoms with Crippen LogP contribution in [-0.2, 0) is 0 Å². The molecule has 4 nitrogen and oxygen atoms in total. The van der Waals surface area contributed by atoms with Crippen molar-refractivity contribution in [3.63, 3.8) is 0 Å². The maximum atomic E-state index is 13.5. The number of benzene rings is 2.